The Kier molecular flexibility index (Phi) is 24.1. The lowest BCUT2D eigenvalue weighted by Crippen LogP contribution is -2.11. The molecule has 5 aliphatic rings. The van der Waals surface area contributed by atoms with E-state index in [0.29, 0.717) is 85.0 Å². The van der Waals surface area contributed by atoms with Crippen LogP contribution in [0, 0.1) is 0 Å². The first-order valence-corrected chi connectivity index (χ1v) is 38.4. The summed E-state index contributed by atoms with van der Waals surface area (Å²) in [5.74, 6) is 0. The average molecular weight is 2030 g/mol. The number of hydrogen-bond acceptors (Lipinski definition) is 5. The van der Waals surface area contributed by atoms with E-state index in [1.165, 1.54) is 0 Å². The summed E-state index contributed by atoms with van der Waals surface area (Å²) in [6, 6.07) is -4.06. The van der Waals surface area contributed by atoms with Crippen molar-refractivity contribution in [2.45, 2.75) is 86.5 Å². The molecule has 0 aliphatic carbocycles. The molecule has 730 valence electrons. The molecule has 49 heteroatoms. The van der Waals surface area contributed by atoms with Gasteiger partial charge in [0.15, 0.2) is 0 Å². The summed E-state index contributed by atoms with van der Waals surface area (Å²) in [7, 11) is 0. The van der Waals surface area contributed by atoms with Gasteiger partial charge in [0.2, 0.25) is 0 Å². The maximum Gasteiger partial charge on any atom is 0.416 e. The van der Waals surface area contributed by atoms with Crippen molar-refractivity contribution < 1.29 is 184 Å². The predicted molar refractivity (Wildman–Crippen MR) is 420 cm³/mol. The van der Waals surface area contributed by atoms with Gasteiger partial charge in [0.1, 0.15) is 0 Å². The third kappa shape index (κ3) is 20.6. The minimum absolute atomic E-state index is 0.147. The summed E-state index contributed by atoms with van der Waals surface area (Å²) in [4.78, 5) is 25.6. The zero-order chi connectivity index (χ0) is 103. The fourth-order valence-corrected chi connectivity index (χ4v) is 15.3. The average Bonchev–Trinajstić information content (AvgIpc) is 1.61. The summed E-state index contributed by atoms with van der Waals surface area (Å²) >= 11 is 0. The number of nitrogens with zero attached hydrogens (tertiary/aromatic N) is 5. The smallest absolute Gasteiger partial charge is 0.354 e. The topological polar surface area (TPSA) is 96.0 Å². The summed E-state index contributed by atoms with van der Waals surface area (Å²) < 4.78 is 640. The fourth-order valence-electron chi connectivity index (χ4n) is 15.3. The van der Waals surface area contributed by atoms with Crippen LogP contribution >= 0.6 is 0 Å². The summed E-state index contributed by atoms with van der Waals surface area (Å²) in [5.41, 5.74) is -69.3. The molecule has 7 nitrogen and oxygen atoms in total. The second kappa shape index (κ2) is 33.7. The van der Waals surface area contributed by atoms with Crippen molar-refractivity contribution in [1.82, 2.24) is 34.9 Å². The molecule has 8 heterocycles. The normalized spacial score (nSPS) is 14.1. The lowest BCUT2D eigenvalue weighted by atomic mass is 9.96. The quantitative estimate of drug-likeness (QED) is 0.155. The molecule has 5 aliphatic heterocycles. The van der Waals surface area contributed by atoms with Gasteiger partial charge >= 0.3 is 86.5 Å². The van der Waals surface area contributed by atoms with Gasteiger partial charge in [-0.3, -0.25) is 0 Å². The van der Waals surface area contributed by atoms with Gasteiger partial charge in [0.25, 0.3) is 0 Å². The Morgan fingerprint density at radius 1 is 0.129 bits per heavy atom. The van der Waals surface area contributed by atoms with Crippen LogP contribution in [0.3, 0.4) is 0 Å². The van der Waals surface area contributed by atoms with E-state index >= 15 is 184 Å². The SMILES string of the molecule is FC(F)(F)c1cc(-c2c3nc(c(-c4cc(C(F)(F)F)cc(C(F)(F)F)c4)c4nc(c(-c5cc(C(F)(F)F)cc(C(F)(F)F)c5)c5ccc([nH]5)c(-c5cc(C(F)(F)F)cc(C(F)(F)F)c5)c5nc(c(-c6cc(C(F)(F)F)cc(C(F)(F)F)c6)c6nc(c(-c7cc(C(F)(F)F)cc(C(F)(F)F)c7)c7ccc([nH]7)c(-c7cc(C(F)(F)F)cc(C(F)(F)F)c7)c7nc2C=C7)C=C6)C=C5)C=C4)C=C3)cc(C(F)(F)F)c1. The number of aromatic amines is 2. The van der Waals surface area contributed by atoms with Gasteiger partial charge in [-0.2, -0.15) is 184 Å². The van der Waals surface area contributed by atoms with Crippen LogP contribution in [0.5, 0.6) is 0 Å². The van der Waals surface area contributed by atoms with E-state index in [1.54, 1.807) is 0 Å². The third-order valence-corrected chi connectivity index (χ3v) is 21.3. The molecule has 10 aromatic rings. The highest BCUT2D eigenvalue weighted by molar-refractivity contribution is 6.02. The molecule has 0 unspecified atom stereocenters. The van der Waals surface area contributed by atoms with Crippen molar-refractivity contribution in [3.05, 3.63) is 286 Å². The second-order valence-electron chi connectivity index (χ2n) is 30.8. The van der Waals surface area contributed by atoms with E-state index in [-0.39, 0.29) is 84.9 Å². The van der Waals surface area contributed by atoms with Gasteiger partial charge in [-0.05, 0) is 251 Å². The molecule has 0 radical (unpaired) electrons. The van der Waals surface area contributed by atoms with E-state index in [2.05, 4.69) is 34.9 Å². The lowest BCUT2D eigenvalue weighted by Gasteiger charge is -2.16. The zero-order valence-corrected chi connectivity index (χ0v) is 67.3. The Labute approximate surface area is 750 Å². The van der Waals surface area contributed by atoms with Gasteiger partial charge < -0.3 is 9.97 Å². The molecular formula is C91H37F42N7. The van der Waals surface area contributed by atoms with Crippen LogP contribution in [0.2, 0.25) is 0 Å². The predicted octanol–water partition coefficient (Wildman–Crippen LogP) is 33.6. The van der Waals surface area contributed by atoms with Gasteiger partial charge in [-0.1, -0.05) is 0 Å². The van der Waals surface area contributed by atoms with Crippen molar-refractivity contribution in [2.24, 2.45) is 0 Å². The molecule has 14 bridgehead atoms. The first-order valence-electron chi connectivity index (χ1n) is 38.4. The van der Waals surface area contributed by atoms with E-state index in [1.807, 2.05) is 0 Å². The first-order chi connectivity index (χ1) is 64.1. The second-order valence-corrected chi connectivity index (χ2v) is 30.8. The van der Waals surface area contributed by atoms with E-state index in [9.17, 15) is 0 Å². The number of alkyl halides is 42. The highest BCUT2D eigenvalue weighted by Gasteiger charge is 2.47. The molecule has 7 aromatic carbocycles. The Bertz CT molecular complexity index is 6790. The molecule has 0 spiro atoms. The molecule has 0 fully saturated rings. The van der Waals surface area contributed by atoms with Crippen LogP contribution in [0.4, 0.5) is 184 Å². The number of H-pyrrole nitrogens is 2. The lowest BCUT2D eigenvalue weighted by molar-refractivity contribution is -0.144. The Hall–Kier alpha value is -14.4. The number of rotatable bonds is 7. The summed E-state index contributed by atoms with van der Waals surface area (Å²) in [6.45, 7) is 0. The highest BCUT2D eigenvalue weighted by Crippen LogP contribution is 2.53. The van der Waals surface area contributed by atoms with E-state index in [4.69, 9.17) is 0 Å². The molecule has 0 saturated heterocycles. The minimum Gasteiger partial charge on any atom is -0.354 e. The first kappa shape index (κ1) is 100. The van der Waals surface area contributed by atoms with Crippen LogP contribution in [0.15, 0.2) is 152 Å². The van der Waals surface area contributed by atoms with E-state index < -0.39 is 364 Å². The Morgan fingerprint density at radius 3 is 0.321 bits per heavy atom. The maximum atomic E-state index is 15.2. The number of fused-ring (bicyclic) bond motifs is 14. The number of benzene rings is 7. The van der Waals surface area contributed by atoms with Crippen LogP contribution in [0.25, 0.3) is 161 Å². The monoisotopic (exact) mass is 2030 g/mol. The number of halogens is 42. The van der Waals surface area contributed by atoms with Crippen molar-refractivity contribution in [2.75, 3.05) is 0 Å². The van der Waals surface area contributed by atoms with Gasteiger partial charge in [-0.25, -0.2) is 24.9 Å². The molecule has 0 atom stereocenters. The minimum atomic E-state index is -5.96. The van der Waals surface area contributed by atoms with Gasteiger partial charge in [-0.15, -0.1) is 0 Å². The molecule has 0 amide bonds. The standard InChI is InChI=1S/C91H37F42N7/c92-78(93,94)43-15-36(16-44(29-43)79(95,96)97)71-57-1-2-58(134-57)72(37-17-45(80(98,99)100)30-46(18-37)81(101,102)103)60-5-6-62(136-60)74(39-21-49(84(110,111)112)32-50(22-39)85(113,114)115)64-9-10-66(138-64)76(41-25-53(88(122,123)124)34-54(26-41)89(125,126)127)68-13-14-70(140-68)77(42-27-55(90(128,129)130)35-56(28-42)91(131,132)133)69-12-11-67(139-69)75(40-23-51(86(116,117)118)33-52(24-40)87(119,120)121)65-8-7-63(137-65)73(61-4-3-59(71)135-61)38-19-47(82(104,105)106)31-48(20-38)83(107,108)109/h1-35,134,139H. The van der Waals surface area contributed by atoms with Gasteiger partial charge in [0.05, 0.1) is 135 Å². The van der Waals surface area contributed by atoms with Crippen molar-refractivity contribution >= 4 is 82.8 Å². The molecular weight excluding hydrogens is 1990 g/mol. The van der Waals surface area contributed by atoms with Crippen molar-refractivity contribution in [3.8, 4) is 77.9 Å². The third-order valence-electron chi connectivity index (χ3n) is 21.3. The van der Waals surface area contributed by atoms with Crippen molar-refractivity contribution in [1.29, 1.82) is 0 Å². The zero-order valence-electron chi connectivity index (χ0n) is 67.3. The van der Waals surface area contributed by atoms with Crippen molar-refractivity contribution in [3.63, 3.8) is 0 Å². The van der Waals surface area contributed by atoms with Crippen LogP contribution < -0.4 is 0 Å². The Morgan fingerprint density at radius 2 is 0.221 bits per heavy atom. The summed E-state index contributed by atoms with van der Waals surface area (Å²) in [6.07, 6.45) is -79.0. The van der Waals surface area contributed by atoms with Crippen LogP contribution in [-0.2, 0) is 86.5 Å². The Balaban J connectivity index is 1.26. The number of aromatic nitrogens is 7. The molecule has 140 heavy (non-hydrogen) atoms. The molecule has 3 aromatic heterocycles. The number of hydrogen-bond donors (Lipinski definition) is 2. The molecule has 0 saturated carbocycles. The van der Waals surface area contributed by atoms with Crippen LogP contribution in [0.1, 0.15) is 135 Å². The van der Waals surface area contributed by atoms with Crippen LogP contribution in [-0.4, -0.2) is 34.9 Å². The largest absolute Gasteiger partial charge is 0.416 e. The highest BCUT2D eigenvalue weighted by atomic mass is 19.5. The van der Waals surface area contributed by atoms with E-state index in [0.717, 1.165) is 0 Å². The fraction of sp³-hybridized carbons (Fsp3) is 0.154. The molecule has 15 rings (SSSR count). The number of nitrogens with one attached hydrogen (secondary N) is 2. The molecule has 2 N–H and O–H groups in total. The van der Waals surface area contributed by atoms with Gasteiger partial charge in [0, 0.05) is 61.0 Å². The maximum absolute atomic E-state index is 15.2. The summed E-state index contributed by atoms with van der Waals surface area (Å²) in [5, 5.41) is 0.